The first kappa shape index (κ1) is 9.01. The molecule has 0 aliphatic heterocycles. The second-order valence-corrected chi connectivity index (χ2v) is 3.84. The highest BCUT2D eigenvalue weighted by Gasteiger charge is 2.31. The SMILES string of the molecule is CNCC(C)NCC1CC1C. The Balaban J connectivity index is 1.94. The van der Waals surface area contributed by atoms with Crippen molar-refractivity contribution in [2.75, 3.05) is 20.1 Å². The average Bonchev–Trinajstić information content (AvgIpc) is 2.63. The highest BCUT2D eigenvalue weighted by atomic mass is 15.0. The third-order valence-electron chi connectivity index (χ3n) is 2.51. The zero-order chi connectivity index (χ0) is 8.27. The molecule has 1 fully saturated rings. The predicted octanol–water partition coefficient (Wildman–Crippen LogP) is 0.840. The van der Waals surface area contributed by atoms with Crippen molar-refractivity contribution in [2.24, 2.45) is 11.8 Å². The summed E-state index contributed by atoms with van der Waals surface area (Å²) in [4.78, 5) is 0. The highest BCUT2D eigenvalue weighted by Crippen LogP contribution is 2.36. The number of hydrogen-bond acceptors (Lipinski definition) is 2. The number of likely N-dealkylation sites (N-methyl/N-ethyl adjacent to an activating group) is 1. The van der Waals surface area contributed by atoms with Crippen molar-refractivity contribution in [3.63, 3.8) is 0 Å². The lowest BCUT2D eigenvalue weighted by atomic mass is 10.3. The summed E-state index contributed by atoms with van der Waals surface area (Å²) in [5, 5.41) is 6.67. The molecule has 3 atom stereocenters. The van der Waals surface area contributed by atoms with E-state index in [1.807, 2.05) is 7.05 Å². The summed E-state index contributed by atoms with van der Waals surface area (Å²) in [5.74, 6) is 1.94. The monoisotopic (exact) mass is 156 g/mol. The molecule has 0 aromatic rings. The van der Waals surface area contributed by atoms with Crippen molar-refractivity contribution in [1.29, 1.82) is 0 Å². The van der Waals surface area contributed by atoms with Gasteiger partial charge in [0.05, 0.1) is 0 Å². The number of nitrogens with one attached hydrogen (secondary N) is 2. The summed E-state index contributed by atoms with van der Waals surface area (Å²) in [7, 11) is 2.00. The van der Waals surface area contributed by atoms with Crippen molar-refractivity contribution in [3.8, 4) is 0 Å². The molecular weight excluding hydrogens is 136 g/mol. The van der Waals surface area contributed by atoms with Crippen molar-refractivity contribution in [3.05, 3.63) is 0 Å². The average molecular weight is 156 g/mol. The van der Waals surface area contributed by atoms with Crippen LogP contribution in [-0.4, -0.2) is 26.2 Å². The van der Waals surface area contributed by atoms with Gasteiger partial charge in [0.1, 0.15) is 0 Å². The molecule has 66 valence electrons. The molecule has 0 heterocycles. The first-order chi connectivity index (χ1) is 5.24. The van der Waals surface area contributed by atoms with Gasteiger partial charge in [-0.2, -0.15) is 0 Å². The molecule has 2 N–H and O–H groups in total. The summed E-state index contributed by atoms with van der Waals surface area (Å²) in [6.45, 7) is 6.84. The molecule has 1 aliphatic rings. The van der Waals surface area contributed by atoms with E-state index in [1.165, 1.54) is 13.0 Å². The molecule has 11 heavy (non-hydrogen) atoms. The molecule has 0 spiro atoms. The van der Waals surface area contributed by atoms with Crippen LogP contribution in [0.2, 0.25) is 0 Å². The van der Waals surface area contributed by atoms with Crippen molar-refractivity contribution >= 4 is 0 Å². The van der Waals surface area contributed by atoms with E-state index in [9.17, 15) is 0 Å². The van der Waals surface area contributed by atoms with E-state index >= 15 is 0 Å². The molecule has 2 nitrogen and oxygen atoms in total. The van der Waals surface area contributed by atoms with Crippen LogP contribution in [0.5, 0.6) is 0 Å². The molecule has 0 amide bonds. The normalized spacial score (nSPS) is 31.9. The van der Waals surface area contributed by atoms with Crippen LogP contribution in [0.15, 0.2) is 0 Å². The van der Waals surface area contributed by atoms with E-state index in [4.69, 9.17) is 0 Å². The predicted molar refractivity (Wildman–Crippen MR) is 48.7 cm³/mol. The lowest BCUT2D eigenvalue weighted by Gasteiger charge is -2.12. The van der Waals surface area contributed by atoms with Crippen LogP contribution in [0.4, 0.5) is 0 Å². The summed E-state index contributed by atoms with van der Waals surface area (Å²) >= 11 is 0. The third kappa shape index (κ3) is 3.21. The molecule has 1 rings (SSSR count). The Morgan fingerprint density at radius 3 is 2.64 bits per heavy atom. The maximum absolute atomic E-state index is 3.51. The maximum atomic E-state index is 3.51. The maximum Gasteiger partial charge on any atom is 0.0164 e. The smallest absolute Gasteiger partial charge is 0.0164 e. The summed E-state index contributed by atoms with van der Waals surface area (Å²) in [6, 6.07) is 0.618. The first-order valence-electron chi connectivity index (χ1n) is 4.62. The Bertz CT molecular complexity index is 114. The summed E-state index contributed by atoms with van der Waals surface area (Å²) in [5.41, 5.74) is 0. The van der Waals surface area contributed by atoms with Crippen LogP contribution in [0.3, 0.4) is 0 Å². The second-order valence-electron chi connectivity index (χ2n) is 3.84. The Kier molecular flexibility index (Phi) is 3.34. The van der Waals surface area contributed by atoms with Crippen molar-refractivity contribution < 1.29 is 0 Å². The van der Waals surface area contributed by atoms with Crippen LogP contribution >= 0.6 is 0 Å². The summed E-state index contributed by atoms with van der Waals surface area (Å²) in [6.07, 6.45) is 1.43. The molecular formula is C9H20N2. The molecule has 1 aliphatic carbocycles. The largest absolute Gasteiger partial charge is 0.318 e. The molecule has 3 unspecified atom stereocenters. The van der Waals surface area contributed by atoms with Gasteiger partial charge in [-0.05, 0) is 38.8 Å². The molecule has 0 radical (unpaired) electrons. The van der Waals surface area contributed by atoms with Crippen molar-refractivity contribution in [1.82, 2.24) is 10.6 Å². The van der Waals surface area contributed by atoms with Gasteiger partial charge in [0.15, 0.2) is 0 Å². The van der Waals surface area contributed by atoms with E-state index < -0.39 is 0 Å². The zero-order valence-corrected chi connectivity index (χ0v) is 7.85. The molecule has 0 aromatic heterocycles. The zero-order valence-electron chi connectivity index (χ0n) is 7.85. The van der Waals surface area contributed by atoms with E-state index in [0.717, 1.165) is 18.4 Å². The van der Waals surface area contributed by atoms with E-state index in [1.54, 1.807) is 0 Å². The lowest BCUT2D eigenvalue weighted by molar-refractivity contribution is 0.499. The van der Waals surface area contributed by atoms with E-state index in [0.29, 0.717) is 6.04 Å². The topological polar surface area (TPSA) is 24.1 Å². The fourth-order valence-electron chi connectivity index (χ4n) is 1.41. The Hall–Kier alpha value is -0.0800. The molecule has 1 saturated carbocycles. The van der Waals surface area contributed by atoms with Gasteiger partial charge in [-0.1, -0.05) is 6.92 Å². The Morgan fingerprint density at radius 2 is 2.18 bits per heavy atom. The van der Waals surface area contributed by atoms with Crippen LogP contribution in [0.1, 0.15) is 20.3 Å². The van der Waals surface area contributed by atoms with Crippen LogP contribution in [-0.2, 0) is 0 Å². The standard InChI is InChI=1S/C9H20N2/c1-7-4-9(7)6-11-8(2)5-10-3/h7-11H,4-6H2,1-3H3. The minimum absolute atomic E-state index is 0.618. The lowest BCUT2D eigenvalue weighted by Crippen LogP contribution is -2.36. The fourth-order valence-corrected chi connectivity index (χ4v) is 1.41. The Labute approximate surface area is 69.8 Å². The summed E-state index contributed by atoms with van der Waals surface area (Å²) < 4.78 is 0. The van der Waals surface area contributed by atoms with Gasteiger partial charge in [-0.15, -0.1) is 0 Å². The Morgan fingerprint density at radius 1 is 1.55 bits per heavy atom. The number of rotatable bonds is 5. The minimum Gasteiger partial charge on any atom is -0.318 e. The minimum atomic E-state index is 0.618. The van der Waals surface area contributed by atoms with Gasteiger partial charge < -0.3 is 10.6 Å². The highest BCUT2D eigenvalue weighted by molar-refractivity contribution is 4.84. The fraction of sp³-hybridized carbons (Fsp3) is 1.00. The quantitative estimate of drug-likeness (QED) is 0.616. The van der Waals surface area contributed by atoms with E-state index in [-0.39, 0.29) is 0 Å². The van der Waals surface area contributed by atoms with Gasteiger partial charge in [0, 0.05) is 12.6 Å². The van der Waals surface area contributed by atoms with Gasteiger partial charge in [-0.3, -0.25) is 0 Å². The molecule has 2 heteroatoms. The first-order valence-corrected chi connectivity index (χ1v) is 4.62. The second kappa shape index (κ2) is 4.07. The number of hydrogen-bond donors (Lipinski definition) is 2. The third-order valence-corrected chi connectivity index (χ3v) is 2.51. The van der Waals surface area contributed by atoms with E-state index in [2.05, 4.69) is 24.5 Å². The molecule has 0 saturated heterocycles. The van der Waals surface area contributed by atoms with Gasteiger partial charge in [0.25, 0.3) is 0 Å². The molecule has 0 bridgehead atoms. The van der Waals surface area contributed by atoms with Crippen LogP contribution in [0, 0.1) is 11.8 Å². The van der Waals surface area contributed by atoms with Crippen LogP contribution in [0.25, 0.3) is 0 Å². The van der Waals surface area contributed by atoms with Gasteiger partial charge >= 0.3 is 0 Å². The molecule has 0 aromatic carbocycles. The van der Waals surface area contributed by atoms with Crippen LogP contribution < -0.4 is 10.6 Å². The van der Waals surface area contributed by atoms with Crippen molar-refractivity contribution in [2.45, 2.75) is 26.3 Å². The van der Waals surface area contributed by atoms with Gasteiger partial charge in [-0.25, -0.2) is 0 Å². The van der Waals surface area contributed by atoms with Gasteiger partial charge in [0.2, 0.25) is 0 Å².